The Balaban J connectivity index is 1.25. The fraction of sp³-hybridized carbons (Fsp3) is 0. The Morgan fingerprint density at radius 1 is 0.718 bits per heavy atom. The van der Waals surface area contributed by atoms with Gasteiger partial charge in [-0.25, -0.2) is 0 Å². The number of rotatable bonds is 5. The molecule has 0 aliphatic rings. The second kappa shape index (κ2) is 9.35. The summed E-state index contributed by atoms with van der Waals surface area (Å²) in [7, 11) is 0. The molecule has 2 aromatic carbocycles. The highest BCUT2D eigenvalue weighted by atomic mass is 16.1. The van der Waals surface area contributed by atoms with Crippen LogP contribution in [-0.2, 0) is 0 Å². The molecule has 0 aliphatic heterocycles. The molecule has 0 aliphatic carbocycles. The molecule has 7 rings (SSSR count). The molecule has 186 valence electrons. The SMILES string of the molecule is O=C(Nc1cncc(-c2ccc3[nH]nc(-c4cc5c(-c6ccccn6)nccc5[nH]4)c3c2)c1)c1ccccc1. The molecule has 8 nitrogen and oxygen atoms in total. The Bertz CT molecular complexity index is 1960. The van der Waals surface area contributed by atoms with E-state index in [0.717, 1.165) is 55.7 Å². The van der Waals surface area contributed by atoms with Gasteiger partial charge in [0.1, 0.15) is 5.69 Å². The minimum absolute atomic E-state index is 0.180. The van der Waals surface area contributed by atoms with Crippen LogP contribution in [0.2, 0.25) is 0 Å². The van der Waals surface area contributed by atoms with E-state index in [1.54, 1.807) is 36.9 Å². The van der Waals surface area contributed by atoms with Crippen LogP contribution in [0.5, 0.6) is 0 Å². The maximum atomic E-state index is 12.6. The Labute approximate surface area is 222 Å². The van der Waals surface area contributed by atoms with Crippen LogP contribution in [0, 0.1) is 0 Å². The Kier molecular flexibility index (Phi) is 5.41. The van der Waals surface area contributed by atoms with Gasteiger partial charge >= 0.3 is 0 Å². The molecule has 0 saturated carbocycles. The lowest BCUT2D eigenvalue weighted by molar-refractivity contribution is 0.102. The second-order valence-corrected chi connectivity index (χ2v) is 9.13. The summed E-state index contributed by atoms with van der Waals surface area (Å²) in [6.45, 7) is 0. The molecule has 0 saturated heterocycles. The first-order valence-corrected chi connectivity index (χ1v) is 12.4. The number of benzene rings is 2. The van der Waals surface area contributed by atoms with E-state index < -0.39 is 0 Å². The fourth-order valence-electron chi connectivity index (χ4n) is 4.75. The Hall–Kier alpha value is -5.63. The highest BCUT2D eigenvalue weighted by molar-refractivity contribution is 6.04. The number of carbonyl (C=O) groups is 1. The van der Waals surface area contributed by atoms with Crippen LogP contribution in [0.4, 0.5) is 5.69 Å². The molecule has 39 heavy (non-hydrogen) atoms. The number of aromatic nitrogens is 6. The number of nitrogens with zero attached hydrogens (tertiary/aromatic N) is 4. The van der Waals surface area contributed by atoms with Crippen LogP contribution in [-0.4, -0.2) is 36.0 Å². The quantitative estimate of drug-likeness (QED) is 0.247. The lowest BCUT2D eigenvalue weighted by Gasteiger charge is -2.08. The van der Waals surface area contributed by atoms with E-state index >= 15 is 0 Å². The lowest BCUT2D eigenvalue weighted by Crippen LogP contribution is -2.11. The third-order valence-corrected chi connectivity index (χ3v) is 6.64. The minimum Gasteiger partial charge on any atom is -0.353 e. The normalized spacial score (nSPS) is 11.2. The van der Waals surface area contributed by atoms with Crippen molar-refractivity contribution in [3.63, 3.8) is 0 Å². The van der Waals surface area contributed by atoms with Crippen molar-refractivity contribution in [3.8, 4) is 33.9 Å². The number of hydrogen-bond acceptors (Lipinski definition) is 5. The predicted molar refractivity (Wildman–Crippen MR) is 152 cm³/mol. The summed E-state index contributed by atoms with van der Waals surface area (Å²) in [6, 6.07) is 26.9. The van der Waals surface area contributed by atoms with Gasteiger partial charge < -0.3 is 10.3 Å². The lowest BCUT2D eigenvalue weighted by atomic mass is 10.0. The van der Waals surface area contributed by atoms with Gasteiger partial charge in [0.25, 0.3) is 5.91 Å². The van der Waals surface area contributed by atoms with Crippen molar-refractivity contribution in [3.05, 3.63) is 115 Å². The van der Waals surface area contributed by atoms with Gasteiger partial charge in [-0.1, -0.05) is 30.3 Å². The molecule has 1 amide bonds. The van der Waals surface area contributed by atoms with Crippen LogP contribution < -0.4 is 5.32 Å². The average Bonchev–Trinajstić information content (AvgIpc) is 3.62. The largest absolute Gasteiger partial charge is 0.353 e. The number of pyridine rings is 3. The standard InChI is InChI=1S/C31H21N7O/c39-31(19-6-2-1-3-7-19)35-22-14-21(17-32-18-22)20-9-10-26-23(15-20)30(38-37-26)28-16-24-25(36-28)11-13-34-29(24)27-8-4-5-12-33-27/h1-18,36H,(H,35,39)(H,37,38). The third kappa shape index (κ3) is 4.19. The zero-order valence-corrected chi connectivity index (χ0v) is 20.6. The van der Waals surface area contributed by atoms with E-state index in [9.17, 15) is 4.79 Å². The van der Waals surface area contributed by atoms with Crippen LogP contribution >= 0.6 is 0 Å². The molecular formula is C31H21N7O. The number of fused-ring (bicyclic) bond motifs is 2. The van der Waals surface area contributed by atoms with E-state index in [1.807, 2.05) is 60.7 Å². The highest BCUT2D eigenvalue weighted by Gasteiger charge is 2.15. The van der Waals surface area contributed by atoms with Gasteiger partial charge in [0.2, 0.25) is 0 Å². The van der Waals surface area contributed by atoms with Gasteiger partial charge in [0.05, 0.1) is 34.5 Å². The molecule has 0 unspecified atom stereocenters. The van der Waals surface area contributed by atoms with Crippen LogP contribution in [0.15, 0.2) is 110 Å². The molecule has 0 spiro atoms. The minimum atomic E-state index is -0.180. The van der Waals surface area contributed by atoms with Gasteiger partial charge in [-0.15, -0.1) is 0 Å². The van der Waals surface area contributed by atoms with E-state index in [0.29, 0.717) is 11.3 Å². The molecule has 0 atom stereocenters. The Morgan fingerprint density at radius 2 is 1.59 bits per heavy atom. The van der Waals surface area contributed by atoms with Gasteiger partial charge in [0, 0.05) is 46.0 Å². The van der Waals surface area contributed by atoms with Crippen molar-refractivity contribution < 1.29 is 4.79 Å². The summed E-state index contributed by atoms with van der Waals surface area (Å²) in [6.07, 6.45) is 6.98. The van der Waals surface area contributed by atoms with Crippen molar-refractivity contribution in [1.29, 1.82) is 0 Å². The molecule has 0 bridgehead atoms. The number of H-pyrrole nitrogens is 2. The van der Waals surface area contributed by atoms with Crippen LogP contribution in [0.25, 0.3) is 55.7 Å². The number of nitrogens with one attached hydrogen (secondary N) is 3. The first kappa shape index (κ1) is 22.6. The first-order valence-electron chi connectivity index (χ1n) is 12.4. The Morgan fingerprint density at radius 3 is 2.46 bits per heavy atom. The summed E-state index contributed by atoms with van der Waals surface area (Å²) in [5.41, 5.74) is 8.24. The van der Waals surface area contributed by atoms with Crippen LogP contribution in [0.3, 0.4) is 0 Å². The number of carbonyl (C=O) groups excluding carboxylic acids is 1. The first-order chi connectivity index (χ1) is 19.2. The van der Waals surface area contributed by atoms with E-state index in [1.165, 1.54) is 0 Å². The van der Waals surface area contributed by atoms with Crippen molar-refractivity contribution in [2.75, 3.05) is 5.32 Å². The molecular weight excluding hydrogens is 486 g/mol. The predicted octanol–water partition coefficient (Wildman–Crippen LogP) is 6.48. The molecule has 0 fully saturated rings. The molecule has 0 radical (unpaired) electrons. The number of anilines is 1. The zero-order chi connectivity index (χ0) is 26.2. The van der Waals surface area contributed by atoms with E-state index in [-0.39, 0.29) is 5.91 Å². The van der Waals surface area contributed by atoms with Crippen molar-refractivity contribution >= 4 is 33.4 Å². The fourth-order valence-corrected chi connectivity index (χ4v) is 4.75. The van der Waals surface area contributed by atoms with Gasteiger partial charge in [0.15, 0.2) is 0 Å². The maximum absolute atomic E-state index is 12.6. The maximum Gasteiger partial charge on any atom is 0.255 e. The highest BCUT2D eigenvalue weighted by Crippen LogP contribution is 2.34. The summed E-state index contributed by atoms with van der Waals surface area (Å²) in [5.74, 6) is -0.180. The topological polar surface area (TPSA) is 112 Å². The summed E-state index contributed by atoms with van der Waals surface area (Å²) in [5, 5.41) is 12.6. The van der Waals surface area contributed by atoms with Crippen molar-refractivity contribution in [2.24, 2.45) is 0 Å². The zero-order valence-electron chi connectivity index (χ0n) is 20.6. The number of hydrogen-bond donors (Lipinski definition) is 3. The summed E-state index contributed by atoms with van der Waals surface area (Å²) < 4.78 is 0. The third-order valence-electron chi connectivity index (χ3n) is 6.64. The van der Waals surface area contributed by atoms with Crippen LogP contribution in [0.1, 0.15) is 10.4 Å². The average molecular weight is 508 g/mol. The number of amides is 1. The molecule has 3 N–H and O–H groups in total. The van der Waals surface area contributed by atoms with Gasteiger partial charge in [-0.05, 0) is 60.2 Å². The van der Waals surface area contributed by atoms with E-state index in [2.05, 4.69) is 47.6 Å². The number of aromatic amines is 2. The smallest absolute Gasteiger partial charge is 0.255 e. The molecule has 7 aromatic rings. The summed E-state index contributed by atoms with van der Waals surface area (Å²) >= 11 is 0. The van der Waals surface area contributed by atoms with Crippen molar-refractivity contribution in [1.82, 2.24) is 30.1 Å². The molecule has 5 heterocycles. The van der Waals surface area contributed by atoms with Crippen molar-refractivity contribution in [2.45, 2.75) is 0 Å². The monoisotopic (exact) mass is 507 g/mol. The second-order valence-electron chi connectivity index (χ2n) is 9.13. The summed E-state index contributed by atoms with van der Waals surface area (Å²) in [4.78, 5) is 29.6. The van der Waals surface area contributed by atoms with Gasteiger partial charge in [-0.2, -0.15) is 5.10 Å². The van der Waals surface area contributed by atoms with Gasteiger partial charge in [-0.3, -0.25) is 24.8 Å². The molecule has 8 heteroatoms. The molecule has 5 aromatic heterocycles. The van der Waals surface area contributed by atoms with E-state index in [4.69, 9.17) is 0 Å².